The summed E-state index contributed by atoms with van der Waals surface area (Å²) < 4.78 is 1.84. The predicted molar refractivity (Wildman–Crippen MR) is 88.5 cm³/mol. The van der Waals surface area contributed by atoms with Crippen molar-refractivity contribution in [2.24, 2.45) is 0 Å². The van der Waals surface area contributed by atoms with Crippen LogP contribution in [0.4, 0.5) is 5.69 Å². The summed E-state index contributed by atoms with van der Waals surface area (Å²) in [7, 11) is 1.93. The van der Waals surface area contributed by atoms with Crippen LogP contribution in [0.2, 0.25) is 0 Å². The molecule has 2 rings (SSSR count). The van der Waals surface area contributed by atoms with Gasteiger partial charge in [0.05, 0.1) is 14.1 Å². The van der Waals surface area contributed by atoms with Crippen molar-refractivity contribution in [1.82, 2.24) is 0 Å². The van der Waals surface area contributed by atoms with Crippen LogP contribution < -0.4 is 4.90 Å². The van der Waals surface area contributed by atoms with Gasteiger partial charge in [0, 0.05) is 18.3 Å². The fourth-order valence-electron chi connectivity index (χ4n) is 1.79. The van der Waals surface area contributed by atoms with Crippen molar-refractivity contribution in [3.63, 3.8) is 0 Å². The second-order valence-corrected chi connectivity index (χ2v) is 8.11. The van der Waals surface area contributed by atoms with Crippen LogP contribution in [0, 0.1) is 6.92 Å². The number of benzene rings is 1. The summed E-state index contributed by atoms with van der Waals surface area (Å²) in [5, 5.41) is 0. The van der Waals surface area contributed by atoms with E-state index in [-0.39, 0.29) is 5.78 Å². The molecule has 1 heterocycles. The number of hydrogen-bond donors (Lipinski definition) is 0. The number of halogens is 2. The maximum atomic E-state index is 12.3. The van der Waals surface area contributed by atoms with Gasteiger partial charge in [-0.1, -0.05) is 12.1 Å². The monoisotopic (exact) mass is 401 g/mol. The molecule has 19 heavy (non-hydrogen) atoms. The lowest BCUT2D eigenvalue weighted by Crippen LogP contribution is -2.25. The molecule has 0 radical (unpaired) electrons. The van der Waals surface area contributed by atoms with Gasteiger partial charge in [0.25, 0.3) is 0 Å². The van der Waals surface area contributed by atoms with Crippen LogP contribution in [0.25, 0.3) is 0 Å². The topological polar surface area (TPSA) is 20.3 Å². The Morgan fingerprint density at radius 3 is 2.63 bits per heavy atom. The first kappa shape index (κ1) is 14.8. The second-order valence-electron chi connectivity index (χ2n) is 4.36. The zero-order chi connectivity index (χ0) is 14.0. The predicted octanol–water partition coefficient (Wildman–Crippen LogP) is 4.90. The van der Waals surface area contributed by atoms with Gasteiger partial charge in [0.1, 0.15) is 0 Å². The van der Waals surface area contributed by atoms with E-state index in [1.807, 2.05) is 43.1 Å². The molecule has 0 aliphatic carbocycles. The molecule has 0 spiro atoms. The highest BCUT2D eigenvalue weighted by atomic mass is 79.9. The fraction of sp³-hybridized carbons (Fsp3) is 0.214. The maximum Gasteiger partial charge on any atom is 0.184 e. The van der Waals surface area contributed by atoms with E-state index in [0.29, 0.717) is 6.54 Å². The van der Waals surface area contributed by atoms with E-state index < -0.39 is 0 Å². The Morgan fingerprint density at radius 1 is 1.32 bits per heavy atom. The lowest BCUT2D eigenvalue weighted by Gasteiger charge is -2.18. The van der Waals surface area contributed by atoms with Crippen LogP contribution in [0.1, 0.15) is 15.9 Å². The van der Waals surface area contributed by atoms with Gasteiger partial charge in [-0.25, -0.2) is 0 Å². The summed E-state index contributed by atoms with van der Waals surface area (Å²) in [4.78, 5) is 14.2. The fourth-order valence-corrected chi connectivity index (χ4v) is 4.64. The summed E-state index contributed by atoms with van der Waals surface area (Å²) in [6, 6.07) is 10.0. The first-order chi connectivity index (χ1) is 8.97. The molecule has 0 saturated heterocycles. The Balaban J connectivity index is 2.13. The third kappa shape index (κ3) is 3.68. The molecule has 100 valence electrons. The largest absolute Gasteiger partial charge is 0.367 e. The molecule has 1 aromatic heterocycles. The minimum atomic E-state index is 0.109. The number of carbonyl (C=O) groups is 1. The lowest BCUT2D eigenvalue weighted by atomic mass is 10.2. The molecule has 0 N–H and O–H groups in total. The number of aryl methyl sites for hydroxylation is 1. The zero-order valence-electron chi connectivity index (χ0n) is 10.6. The quantitative estimate of drug-likeness (QED) is 0.677. The van der Waals surface area contributed by atoms with Gasteiger partial charge >= 0.3 is 0 Å². The van der Waals surface area contributed by atoms with Gasteiger partial charge in [0.2, 0.25) is 0 Å². The van der Waals surface area contributed by atoms with Gasteiger partial charge in [-0.05, 0) is 62.5 Å². The molecule has 2 aromatic rings. The van der Waals surface area contributed by atoms with Gasteiger partial charge in [0.15, 0.2) is 5.78 Å². The van der Waals surface area contributed by atoms with E-state index in [1.165, 1.54) is 16.9 Å². The summed E-state index contributed by atoms with van der Waals surface area (Å²) in [6.07, 6.45) is 0. The Labute approximate surface area is 133 Å². The number of carbonyl (C=O) groups excluding carboxylic acids is 1. The van der Waals surface area contributed by atoms with Crippen LogP contribution in [0.3, 0.4) is 0 Å². The summed E-state index contributed by atoms with van der Waals surface area (Å²) in [6.45, 7) is 2.41. The molecule has 0 saturated carbocycles. The average Bonchev–Trinajstić information content (AvgIpc) is 2.68. The summed E-state index contributed by atoms with van der Waals surface area (Å²) in [5.74, 6) is 0.109. The van der Waals surface area contributed by atoms with Crippen LogP contribution in [0.5, 0.6) is 0 Å². The number of anilines is 1. The number of likely N-dealkylation sites (N-methyl/N-ethyl adjacent to an activating group) is 1. The molecular formula is C14H13Br2NOS. The molecule has 0 amide bonds. The molecule has 0 atom stereocenters. The van der Waals surface area contributed by atoms with Crippen molar-refractivity contribution >= 4 is 54.7 Å². The van der Waals surface area contributed by atoms with Crippen LogP contribution in [0.15, 0.2) is 37.9 Å². The Kier molecular flexibility index (Phi) is 4.81. The molecule has 1 aromatic carbocycles. The summed E-state index contributed by atoms with van der Waals surface area (Å²) >= 11 is 8.34. The van der Waals surface area contributed by atoms with E-state index in [0.717, 1.165) is 18.8 Å². The summed E-state index contributed by atoms with van der Waals surface area (Å²) in [5.41, 5.74) is 2.98. The van der Waals surface area contributed by atoms with E-state index >= 15 is 0 Å². The number of Topliss-reactive ketones (excluding diaryl/α,β-unsaturated/α-hetero) is 1. The highest BCUT2D eigenvalue weighted by Gasteiger charge is 2.15. The number of ketones is 1. The van der Waals surface area contributed by atoms with Crippen molar-refractivity contribution in [2.45, 2.75) is 6.92 Å². The second kappa shape index (κ2) is 6.20. The molecule has 0 aliphatic heterocycles. The molecule has 5 heteroatoms. The Hall–Kier alpha value is -0.650. The number of rotatable bonds is 4. The van der Waals surface area contributed by atoms with E-state index in [9.17, 15) is 4.79 Å². The highest BCUT2D eigenvalue weighted by Crippen LogP contribution is 2.32. The minimum absolute atomic E-state index is 0.109. The van der Waals surface area contributed by atoms with Gasteiger partial charge in [-0.15, -0.1) is 11.3 Å². The van der Waals surface area contributed by atoms with E-state index in [1.54, 1.807) is 0 Å². The molecule has 0 unspecified atom stereocenters. The van der Waals surface area contributed by atoms with Gasteiger partial charge < -0.3 is 4.90 Å². The van der Waals surface area contributed by atoms with Crippen molar-refractivity contribution in [1.29, 1.82) is 0 Å². The highest BCUT2D eigenvalue weighted by molar-refractivity contribution is 9.12. The van der Waals surface area contributed by atoms with E-state index in [4.69, 9.17) is 0 Å². The van der Waals surface area contributed by atoms with Crippen molar-refractivity contribution in [3.05, 3.63) is 49.0 Å². The van der Waals surface area contributed by atoms with Crippen molar-refractivity contribution in [3.8, 4) is 0 Å². The minimum Gasteiger partial charge on any atom is -0.367 e. The normalized spacial score (nSPS) is 10.5. The maximum absolute atomic E-state index is 12.3. The average molecular weight is 403 g/mol. The number of thiophene rings is 1. The molecule has 0 bridgehead atoms. The molecule has 2 nitrogen and oxygen atoms in total. The van der Waals surface area contributed by atoms with Crippen molar-refractivity contribution in [2.75, 3.05) is 18.5 Å². The number of hydrogen-bond acceptors (Lipinski definition) is 3. The van der Waals surface area contributed by atoms with Gasteiger partial charge in [-0.3, -0.25) is 4.79 Å². The first-order valence-corrected chi connectivity index (χ1v) is 8.13. The smallest absolute Gasteiger partial charge is 0.184 e. The molecule has 0 aliphatic rings. The van der Waals surface area contributed by atoms with E-state index in [2.05, 4.69) is 37.9 Å². The third-order valence-corrected chi connectivity index (χ3v) is 5.12. The standard InChI is InChI=1S/C14H13Br2NOS/c1-9-4-3-5-10(6-9)17(2)8-12(18)11-7-13(15)19-14(11)16/h3-7H,8H2,1-2H3. The Bertz CT molecular complexity index is 609. The van der Waals surface area contributed by atoms with Crippen LogP contribution in [-0.2, 0) is 0 Å². The third-order valence-electron chi connectivity index (χ3n) is 2.78. The van der Waals surface area contributed by atoms with Crippen LogP contribution in [-0.4, -0.2) is 19.4 Å². The molecule has 0 fully saturated rings. The lowest BCUT2D eigenvalue weighted by molar-refractivity contribution is 0.1000. The van der Waals surface area contributed by atoms with Crippen LogP contribution >= 0.6 is 43.2 Å². The molecular weight excluding hydrogens is 390 g/mol. The van der Waals surface area contributed by atoms with Crippen molar-refractivity contribution < 1.29 is 4.79 Å². The first-order valence-electron chi connectivity index (χ1n) is 5.73. The Morgan fingerprint density at radius 2 is 2.05 bits per heavy atom. The van der Waals surface area contributed by atoms with Gasteiger partial charge in [-0.2, -0.15) is 0 Å². The zero-order valence-corrected chi connectivity index (χ0v) is 14.6. The SMILES string of the molecule is Cc1cccc(N(C)CC(=O)c2cc(Br)sc2Br)c1. The number of nitrogens with zero attached hydrogens (tertiary/aromatic N) is 1.